The van der Waals surface area contributed by atoms with Crippen molar-refractivity contribution < 1.29 is 4.79 Å². The normalized spacial score (nSPS) is 10.0. The van der Waals surface area contributed by atoms with Crippen LogP contribution >= 0.6 is 0 Å². The number of carbonyl (C=O) groups excluding carboxylic acids is 1. The number of nitriles is 1. The molecule has 0 fully saturated rings. The fraction of sp³-hybridized carbons (Fsp3) is 0.818. The third-order valence-corrected chi connectivity index (χ3v) is 1.94. The molecular formula is C11H21N3O. The Balaban J connectivity index is 3.23. The van der Waals surface area contributed by atoms with Crippen LogP contribution in [-0.2, 0) is 4.79 Å². The topological polar surface area (TPSA) is 64.9 Å². The quantitative estimate of drug-likeness (QED) is 0.593. The van der Waals surface area contributed by atoms with Crippen LogP contribution in [0.1, 0.15) is 39.5 Å². The second-order valence-corrected chi connectivity index (χ2v) is 3.82. The molecule has 4 heteroatoms. The van der Waals surface area contributed by atoms with E-state index in [0.717, 1.165) is 19.4 Å². The van der Waals surface area contributed by atoms with Crippen molar-refractivity contribution in [2.45, 2.75) is 45.6 Å². The highest BCUT2D eigenvalue weighted by atomic mass is 16.1. The molecule has 4 nitrogen and oxygen atoms in total. The molecule has 0 radical (unpaired) electrons. The van der Waals surface area contributed by atoms with Crippen molar-refractivity contribution in [1.29, 1.82) is 5.26 Å². The molecule has 2 N–H and O–H groups in total. The van der Waals surface area contributed by atoms with Crippen LogP contribution in [0.3, 0.4) is 0 Å². The van der Waals surface area contributed by atoms with Gasteiger partial charge in [0.25, 0.3) is 0 Å². The Bertz CT molecular complexity index is 208. The van der Waals surface area contributed by atoms with Crippen LogP contribution in [0.25, 0.3) is 0 Å². The number of nitrogens with zero attached hydrogens (tertiary/aromatic N) is 1. The van der Waals surface area contributed by atoms with Gasteiger partial charge < -0.3 is 10.6 Å². The summed E-state index contributed by atoms with van der Waals surface area (Å²) in [4.78, 5) is 11.2. The smallest absolute Gasteiger partial charge is 0.221 e. The molecule has 0 aliphatic heterocycles. The van der Waals surface area contributed by atoms with Crippen LogP contribution in [0.4, 0.5) is 0 Å². The van der Waals surface area contributed by atoms with Gasteiger partial charge in [0, 0.05) is 32.0 Å². The highest BCUT2D eigenvalue weighted by molar-refractivity contribution is 5.75. The molecule has 0 aromatic carbocycles. The van der Waals surface area contributed by atoms with Gasteiger partial charge in [-0.2, -0.15) is 5.26 Å². The molecule has 15 heavy (non-hydrogen) atoms. The van der Waals surface area contributed by atoms with E-state index < -0.39 is 0 Å². The Morgan fingerprint density at radius 2 is 2.07 bits per heavy atom. The fourth-order valence-corrected chi connectivity index (χ4v) is 1.12. The third-order valence-electron chi connectivity index (χ3n) is 1.94. The molecule has 0 aromatic heterocycles. The number of nitrogens with one attached hydrogen (secondary N) is 2. The standard InChI is InChI=1S/C11H21N3O/c1-10(2)13-9-6-11(15)14-8-5-3-4-7-12/h10,13H,3-6,8-9H2,1-2H3,(H,14,15). The van der Waals surface area contributed by atoms with Gasteiger partial charge in [0.2, 0.25) is 5.91 Å². The summed E-state index contributed by atoms with van der Waals surface area (Å²) in [6, 6.07) is 2.50. The van der Waals surface area contributed by atoms with E-state index in [1.54, 1.807) is 0 Å². The van der Waals surface area contributed by atoms with Crippen molar-refractivity contribution in [1.82, 2.24) is 10.6 Å². The lowest BCUT2D eigenvalue weighted by atomic mass is 10.2. The number of amides is 1. The average molecular weight is 211 g/mol. The number of carbonyl (C=O) groups is 1. The third kappa shape index (κ3) is 10.8. The number of rotatable bonds is 8. The number of hydrogen-bond donors (Lipinski definition) is 2. The molecule has 0 heterocycles. The van der Waals surface area contributed by atoms with Crippen molar-refractivity contribution in [2.24, 2.45) is 0 Å². The molecule has 86 valence electrons. The van der Waals surface area contributed by atoms with Gasteiger partial charge in [0.1, 0.15) is 0 Å². The summed E-state index contributed by atoms with van der Waals surface area (Å²) in [5.74, 6) is 0.0834. The minimum absolute atomic E-state index is 0.0834. The van der Waals surface area contributed by atoms with E-state index >= 15 is 0 Å². The Morgan fingerprint density at radius 1 is 1.33 bits per heavy atom. The van der Waals surface area contributed by atoms with Gasteiger partial charge in [-0.3, -0.25) is 4.79 Å². The van der Waals surface area contributed by atoms with Crippen LogP contribution in [0.2, 0.25) is 0 Å². The van der Waals surface area contributed by atoms with E-state index in [-0.39, 0.29) is 5.91 Å². The van der Waals surface area contributed by atoms with E-state index in [2.05, 4.69) is 30.6 Å². The Labute approximate surface area is 92.0 Å². The summed E-state index contributed by atoms with van der Waals surface area (Å²) < 4.78 is 0. The van der Waals surface area contributed by atoms with Gasteiger partial charge in [0.05, 0.1) is 6.07 Å². The maximum atomic E-state index is 11.2. The molecular weight excluding hydrogens is 190 g/mol. The Kier molecular flexibility index (Phi) is 8.79. The van der Waals surface area contributed by atoms with E-state index in [4.69, 9.17) is 5.26 Å². The van der Waals surface area contributed by atoms with Crippen molar-refractivity contribution in [3.8, 4) is 6.07 Å². The summed E-state index contributed by atoms with van der Waals surface area (Å²) in [5, 5.41) is 14.3. The zero-order chi connectivity index (χ0) is 11.5. The number of hydrogen-bond acceptors (Lipinski definition) is 3. The molecule has 0 rings (SSSR count). The maximum absolute atomic E-state index is 11.2. The van der Waals surface area contributed by atoms with Crippen LogP contribution in [-0.4, -0.2) is 25.0 Å². The Hall–Kier alpha value is -1.08. The Morgan fingerprint density at radius 3 is 2.67 bits per heavy atom. The minimum atomic E-state index is 0.0834. The predicted octanol–water partition coefficient (Wildman–Crippen LogP) is 1.18. The van der Waals surface area contributed by atoms with Gasteiger partial charge in [-0.15, -0.1) is 0 Å². The van der Waals surface area contributed by atoms with Gasteiger partial charge in [-0.25, -0.2) is 0 Å². The van der Waals surface area contributed by atoms with E-state index in [1.165, 1.54) is 0 Å². The van der Waals surface area contributed by atoms with E-state index in [1.807, 2.05) is 0 Å². The lowest BCUT2D eigenvalue weighted by Gasteiger charge is -2.08. The summed E-state index contributed by atoms with van der Waals surface area (Å²) in [5.41, 5.74) is 0. The van der Waals surface area contributed by atoms with Crippen LogP contribution < -0.4 is 10.6 Å². The van der Waals surface area contributed by atoms with E-state index in [9.17, 15) is 4.79 Å². The van der Waals surface area contributed by atoms with Gasteiger partial charge >= 0.3 is 0 Å². The van der Waals surface area contributed by atoms with Crippen molar-refractivity contribution in [2.75, 3.05) is 13.1 Å². The molecule has 1 amide bonds. The van der Waals surface area contributed by atoms with Crippen LogP contribution in [0.5, 0.6) is 0 Å². The van der Waals surface area contributed by atoms with Crippen LogP contribution in [0, 0.1) is 11.3 Å². The maximum Gasteiger partial charge on any atom is 0.221 e. The molecule has 0 unspecified atom stereocenters. The van der Waals surface area contributed by atoms with Crippen molar-refractivity contribution in [3.05, 3.63) is 0 Å². The molecule has 0 saturated heterocycles. The summed E-state index contributed by atoms with van der Waals surface area (Å²) in [6.07, 6.45) is 2.85. The zero-order valence-corrected chi connectivity index (χ0v) is 9.68. The first-order valence-corrected chi connectivity index (χ1v) is 5.54. The molecule has 0 saturated carbocycles. The summed E-state index contributed by atoms with van der Waals surface area (Å²) in [6.45, 7) is 5.52. The lowest BCUT2D eigenvalue weighted by Crippen LogP contribution is -2.31. The largest absolute Gasteiger partial charge is 0.356 e. The lowest BCUT2D eigenvalue weighted by molar-refractivity contribution is -0.121. The number of unbranched alkanes of at least 4 members (excludes halogenated alkanes) is 2. The molecule has 0 aromatic rings. The predicted molar refractivity (Wildman–Crippen MR) is 60.2 cm³/mol. The van der Waals surface area contributed by atoms with Crippen LogP contribution in [0.15, 0.2) is 0 Å². The highest BCUT2D eigenvalue weighted by Crippen LogP contribution is 1.91. The molecule has 0 aliphatic carbocycles. The first-order valence-electron chi connectivity index (χ1n) is 5.54. The zero-order valence-electron chi connectivity index (χ0n) is 9.68. The summed E-state index contributed by atoms with van der Waals surface area (Å²) >= 11 is 0. The molecule has 0 aliphatic rings. The first kappa shape index (κ1) is 13.9. The monoisotopic (exact) mass is 211 g/mol. The molecule has 0 spiro atoms. The first-order chi connectivity index (χ1) is 7.16. The molecule has 0 bridgehead atoms. The second-order valence-electron chi connectivity index (χ2n) is 3.82. The highest BCUT2D eigenvalue weighted by Gasteiger charge is 2.00. The molecule has 0 atom stereocenters. The van der Waals surface area contributed by atoms with Gasteiger partial charge in [-0.05, 0) is 12.8 Å². The van der Waals surface area contributed by atoms with Gasteiger partial charge in [0.15, 0.2) is 0 Å². The van der Waals surface area contributed by atoms with Crippen molar-refractivity contribution in [3.63, 3.8) is 0 Å². The minimum Gasteiger partial charge on any atom is -0.356 e. The summed E-state index contributed by atoms with van der Waals surface area (Å²) in [7, 11) is 0. The second kappa shape index (κ2) is 9.47. The fourth-order valence-electron chi connectivity index (χ4n) is 1.12. The van der Waals surface area contributed by atoms with Gasteiger partial charge in [-0.1, -0.05) is 13.8 Å². The van der Waals surface area contributed by atoms with Crippen molar-refractivity contribution >= 4 is 5.91 Å². The van der Waals surface area contributed by atoms with E-state index in [0.29, 0.717) is 25.4 Å². The SMILES string of the molecule is CC(C)NCCC(=O)NCCCCC#N. The average Bonchev–Trinajstić information content (AvgIpc) is 2.17.